The van der Waals surface area contributed by atoms with Crippen molar-refractivity contribution in [1.82, 2.24) is 19.8 Å². The summed E-state index contributed by atoms with van der Waals surface area (Å²) in [7, 11) is -4.13. The molecule has 1 heterocycles. The standard InChI is InChI=1S/C23H23FN6O3S/c1-2-12-28-34(32,33)21-14-16(10-11-19(21)24)23(31)27-13-6-9-20-18(15-25)22(26)30(29-20)17-7-4-3-5-8-17/h2-5,7-8,10-11,14,28H,1,6,9,12-13,26H2,(H,27,31). The van der Waals surface area contributed by atoms with Crippen molar-refractivity contribution in [3.05, 3.63) is 83.8 Å². The summed E-state index contributed by atoms with van der Waals surface area (Å²) < 4.78 is 42.2. The van der Waals surface area contributed by atoms with Gasteiger partial charge in [0.1, 0.15) is 28.2 Å². The molecule has 0 aliphatic carbocycles. The van der Waals surface area contributed by atoms with Crippen LogP contribution in [0.1, 0.15) is 28.0 Å². The number of carbonyl (C=O) groups excluding carboxylic acids is 1. The van der Waals surface area contributed by atoms with Crippen LogP contribution in [0.5, 0.6) is 0 Å². The number of aryl methyl sites for hydroxylation is 1. The Balaban J connectivity index is 1.65. The van der Waals surface area contributed by atoms with E-state index in [-0.39, 0.29) is 30.0 Å². The van der Waals surface area contributed by atoms with Gasteiger partial charge in [0.2, 0.25) is 10.0 Å². The van der Waals surface area contributed by atoms with Gasteiger partial charge in [-0.05, 0) is 43.2 Å². The summed E-state index contributed by atoms with van der Waals surface area (Å²) in [6, 6.07) is 14.3. The quantitative estimate of drug-likeness (QED) is 0.299. The number of para-hydroxylation sites is 1. The van der Waals surface area contributed by atoms with E-state index in [0.29, 0.717) is 18.5 Å². The Hall–Kier alpha value is -4.01. The van der Waals surface area contributed by atoms with Crippen LogP contribution in [0.2, 0.25) is 0 Å². The predicted molar refractivity (Wildman–Crippen MR) is 125 cm³/mol. The lowest BCUT2D eigenvalue weighted by Crippen LogP contribution is -2.27. The minimum Gasteiger partial charge on any atom is -0.382 e. The number of hydrogen-bond acceptors (Lipinski definition) is 6. The molecule has 0 aliphatic rings. The molecule has 4 N–H and O–H groups in total. The average molecular weight is 483 g/mol. The van der Waals surface area contributed by atoms with Crippen molar-refractivity contribution >= 4 is 21.7 Å². The Labute approximate surface area is 196 Å². The van der Waals surface area contributed by atoms with E-state index < -0.39 is 26.6 Å². The fourth-order valence-corrected chi connectivity index (χ4v) is 4.30. The van der Waals surface area contributed by atoms with Crippen LogP contribution in [-0.4, -0.2) is 37.2 Å². The zero-order valence-corrected chi connectivity index (χ0v) is 19.0. The number of nitriles is 1. The number of rotatable bonds is 10. The Morgan fingerprint density at radius 3 is 2.68 bits per heavy atom. The highest BCUT2D eigenvalue weighted by atomic mass is 32.2. The van der Waals surface area contributed by atoms with Crippen LogP contribution >= 0.6 is 0 Å². The number of amides is 1. The topological polar surface area (TPSA) is 143 Å². The van der Waals surface area contributed by atoms with Crippen molar-refractivity contribution in [3.63, 3.8) is 0 Å². The number of anilines is 1. The van der Waals surface area contributed by atoms with Gasteiger partial charge in [-0.15, -0.1) is 6.58 Å². The Morgan fingerprint density at radius 2 is 2.00 bits per heavy atom. The van der Waals surface area contributed by atoms with E-state index in [1.165, 1.54) is 16.8 Å². The third-order valence-electron chi connectivity index (χ3n) is 4.88. The van der Waals surface area contributed by atoms with E-state index in [9.17, 15) is 22.9 Å². The third-order valence-corrected chi connectivity index (χ3v) is 6.32. The number of sulfonamides is 1. The lowest BCUT2D eigenvalue weighted by molar-refractivity contribution is 0.0953. The maximum atomic E-state index is 14.1. The van der Waals surface area contributed by atoms with Crippen LogP contribution < -0.4 is 15.8 Å². The number of carbonyl (C=O) groups is 1. The number of nitrogen functional groups attached to an aromatic ring is 1. The van der Waals surface area contributed by atoms with Crippen LogP contribution in [-0.2, 0) is 16.4 Å². The van der Waals surface area contributed by atoms with E-state index >= 15 is 0 Å². The van der Waals surface area contributed by atoms with E-state index in [1.807, 2.05) is 30.3 Å². The van der Waals surface area contributed by atoms with Crippen molar-refractivity contribution < 1.29 is 17.6 Å². The van der Waals surface area contributed by atoms with Crippen molar-refractivity contribution in [2.24, 2.45) is 0 Å². The number of aromatic nitrogens is 2. The fraction of sp³-hybridized carbons (Fsp3) is 0.174. The second kappa shape index (κ2) is 10.7. The monoisotopic (exact) mass is 482 g/mol. The molecule has 1 amide bonds. The fourth-order valence-electron chi connectivity index (χ4n) is 3.20. The Kier molecular flexibility index (Phi) is 7.78. The molecule has 0 fully saturated rings. The molecule has 34 heavy (non-hydrogen) atoms. The van der Waals surface area contributed by atoms with Gasteiger partial charge in [-0.25, -0.2) is 22.2 Å². The van der Waals surface area contributed by atoms with Crippen LogP contribution in [0, 0.1) is 17.1 Å². The summed E-state index contributed by atoms with van der Waals surface area (Å²) in [6.07, 6.45) is 2.14. The number of benzene rings is 2. The number of nitrogens with zero attached hydrogens (tertiary/aromatic N) is 3. The first kappa shape index (κ1) is 24.6. The third kappa shape index (κ3) is 5.48. The first-order valence-corrected chi connectivity index (χ1v) is 11.8. The highest BCUT2D eigenvalue weighted by Crippen LogP contribution is 2.21. The van der Waals surface area contributed by atoms with Gasteiger partial charge in [-0.2, -0.15) is 10.4 Å². The summed E-state index contributed by atoms with van der Waals surface area (Å²) >= 11 is 0. The number of nitrogens with one attached hydrogen (secondary N) is 2. The summed E-state index contributed by atoms with van der Waals surface area (Å²) in [5, 5.41) is 16.6. The minimum atomic E-state index is -4.13. The summed E-state index contributed by atoms with van der Waals surface area (Å²) in [5.74, 6) is -1.29. The summed E-state index contributed by atoms with van der Waals surface area (Å²) in [6.45, 7) is 3.55. The molecule has 0 saturated carbocycles. The van der Waals surface area contributed by atoms with E-state index in [0.717, 1.165) is 17.8 Å². The zero-order valence-electron chi connectivity index (χ0n) is 18.2. The molecule has 2 aromatic carbocycles. The molecule has 0 spiro atoms. The van der Waals surface area contributed by atoms with E-state index in [2.05, 4.69) is 27.8 Å². The van der Waals surface area contributed by atoms with Crippen molar-refractivity contribution in [1.29, 1.82) is 5.26 Å². The molecule has 176 valence electrons. The second-order valence-electron chi connectivity index (χ2n) is 7.21. The first-order valence-electron chi connectivity index (χ1n) is 10.3. The van der Waals surface area contributed by atoms with Crippen molar-refractivity contribution in [3.8, 4) is 11.8 Å². The molecular formula is C23H23FN6O3S. The van der Waals surface area contributed by atoms with Gasteiger partial charge < -0.3 is 11.1 Å². The van der Waals surface area contributed by atoms with Crippen LogP contribution in [0.15, 0.2) is 66.1 Å². The molecular weight excluding hydrogens is 459 g/mol. The summed E-state index contributed by atoms with van der Waals surface area (Å²) in [5.41, 5.74) is 7.58. The highest BCUT2D eigenvalue weighted by Gasteiger charge is 2.21. The average Bonchev–Trinajstić information content (AvgIpc) is 3.16. The number of nitrogens with two attached hydrogens (primary N) is 1. The highest BCUT2D eigenvalue weighted by molar-refractivity contribution is 7.89. The Morgan fingerprint density at radius 1 is 1.26 bits per heavy atom. The van der Waals surface area contributed by atoms with Gasteiger partial charge in [0, 0.05) is 18.7 Å². The van der Waals surface area contributed by atoms with Gasteiger partial charge in [0.15, 0.2) is 0 Å². The largest absolute Gasteiger partial charge is 0.382 e. The molecule has 0 radical (unpaired) electrons. The Bertz CT molecular complexity index is 1350. The smallest absolute Gasteiger partial charge is 0.251 e. The minimum absolute atomic E-state index is 0.00399. The number of hydrogen-bond donors (Lipinski definition) is 3. The molecule has 0 saturated heterocycles. The van der Waals surface area contributed by atoms with Crippen molar-refractivity contribution in [2.75, 3.05) is 18.8 Å². The van der Waals surface area contributed by atoms with Crippen LogP contribution in [0.3, 0.4) is 0 Å². The van der Waals surface area contributed by atoms with Gasteiger partial charge in [0.25, 0.3) is 5.91 Å². The van der Waals surface area contributed by atoms with Gasteiger partial charge >= 0.3 is 0 Å². The lowest BCUT2D eigenvalue weighted by atomic mass is 10.1. The van der Waals surface area contributed by atoms with Crippen LogP contribution in [0.4, 0.5) is 10.2 Å². The molecule has 0 unspecified atom stereocenters. The SMILES string of the molecule is C=CCNS(=O)(=O)c1cc(C(=O)NCCCc2nn(-c3ccccc3)c(N)c2C#N)ccc1F. The first-order chi connectivity index (χ1) is 16.3. The zero-order chi connectivity index (χ0) is 24.7. The summed E-state index contributed by atoms with van der Waals surface area (Å²) in [4.78, 5) is 11.8. The maximum absolute atomic E-state index is 14.1. The normalized spacial score (nSPS) is 11.1. The van der Waals surface area contributed by atoms with Gasteiger partial charge in [-0.1, -0.05) is 24.3 Å². The van der Waals surface area contributed by atoms with E-state index in [1.54, 1.807) is 0 Å². The molecule has 3 rings (SSSR count). The van der Waals surface area contributed by atoms with Gasteiger partial charge in [0.05, 0.1) is 11.4 Å². The van der Waals surface area contributed by atoms with Crippen molar-refractivity contribution in [2.45, 2.75) is 17.7 Å². The second-order valence-corrected chi connectivity index (χ2v) is 8.95. The molecule has 3 aromatic rings. The molecule has 1 aromatic heterocycles. The van der Waals surface area contributed by atoms with Gasteiger partial charge in [-0.3, -0.25) is 4.79 Å². The molecule has 9 nitrogen and oxygen atoms in total. The molecule has 0 atom stereocenters. The maximum Gasteiger partial charge on any atom is 0.251 e. The lowest BCUT2D eigenvalue weighted by Gasteiger charge is -2.09. The molecule has 0 bridgehead atoms. The molecule has 0 aliphatic heterocycles. The molecule has 11 heteroatoms. The van der Waals surface area contributed by atoms with E-state index in [4.69, 9.17) is 5.73 Å². The number of halogens is 1. The van der Waals surface area contributed by atoms with Crippen LogP contribution in [0.25, 0.3) is 5.69 Å². The predicted octanol–water partition coefficient (Wildman–Crippen LogP) is 2.29.